The minimum absolute atomic E-state index is 0.101. The van der Waals surface area contributed by atoms with E-state index >= 15 is 0 Å². The van der Waals surface area contributed by atoms with Gasteiger partial charge in [-0.3, -0.25) is 0 Å². The third-order valence-corrected chi connectivity index (χ3v) is 9.69. The van der Waals surface area contributed by atoms with Gasteiger partial charge in [0.05, 0.1) is 16.1 Å². The molecule has 37 heavy (non-hydrogen) atoms. The number of nitrogens with zero attached hydrogens (tertiary/aromatic N) is 5. The molecular formula is C24H29F2N7O2S2. The summed E-state index contributed by atoms with van der Waals surface area (Å²) in [5.74, 6) is 0.826. The second-order valence-corrected chi connectivity index (χ2v) is 13.5. The molecule has 2 aliphatic carbocycles. The molecule has 1 saturated heterocycles. The number of benzene rings is 1. The van der Waals surface area contributed by atoms with E-state index in [0.717, 1.165) is 37.0 Å². The van der Waals surface area contributed by atoms with Crippen LogP contribution in [0.1, 0.15) is 69.6 Å². The Bertz CT molecular complexity index is 1460. The summed E-state index contributed by atoms with van der Waals surface area (Å²) < 4.78 is 56.6. The first-order valence-corrected chi connectivity index (χ1v) is 14.8. The first-order chi connectivity index (χ1) is 17.5. The highest BCUT2D eigenvalue weighted by Gasteiger charge is 2.42. The number of sulfonamides is 1. The van der Waals surface area contributed by atoms with Crippen LogP contribution in [-0.4, -0.2) is 59.3 Å². The van der Waals surface area contributed by atoms with Crippen molar-refractivity contribution in [2.24, 2.45) is 0 Å². The third kappa shape index (κ3) is 4.93. The van der Waals surface area contributed by atoms with Crippen molar-refractivity contribution in [2.75, 3.05) is 18.0 Å². The van der Waals surface area contributed by atoms with E-state index in [9.17, 15) is 17.2 Å². The zero-order valence-corrected chi connectivity index (χ0v) is 22.5. The predicted octanol–water partition coefficient (Wildman–Crippen LogP) is 3.98. The highest BCUT2D eigenvalue weighted by atomic mass is 32.2. The maximum absolute atomic E-state index is 13.5. The van der Waals surface area contributed by atoms with Crippen LogP contribution in [0.4, 0.5) is 14.5 Å². The van der Waals surface area contributed by atoms with E-state index in [1.165, 1.54) is 0 Å². The highest BCUT2D eigenvalue weighted by Crippen LogP contribution is 2.43. The molecule has 198 valence electrons. The van der Waals surface area contributed by atoms with Gasteiger partial charge in [-0.05, 0) is 58.6 Å². The minimum atomic E-state index is -3.86. The summed E-state index contributed by atoms with van der Waals surface area (Å²) in [6.07, 6.45) is 0.714. The number of anilines is 1. The van der Waals surface area contributed by atoms with Gasteiger partial charge in [0.25, 0.3) is 6.43 Å². The van der Waals surface area contributed by atoms with Crippen LogP contribution >= 0.6 is 11.3 Å². The molecule has 0 bridgehead atoms. The summed E-state index contributed by atoms with van der Waals surface area (Å²) in [5, 5.41) is 11.5. The Kier molecular flexibility index (Phi) is 5.97. The standard InChI is InChI=1S/C24H29F2N7O2S2/c1-12-10-33(11-13(2)27-12)17-9-15(37(34,35)32-24(3)6-7-24)8-16-18(17)28-21(14-4-5-14)29-19(16)22-30-31-23(36-22)20(25)26/h8-9,12-14,20,27,32H,4-7,10-11H2,1-3H3/t12-,13-/m0/s1. The number of nitrogens with one attached hydrogen (secondary N) is 2. The molecule has 2 saturated carbocycles. The molecule has 3 heterocycles. The van der Waals surface area contributed by atoms with E-state index in [2.05, 4.69) is 39.0 Å². The van der Waals surface area contributed by atoms with Gasteiger partial charge in [-0.2, -0.15) is 0 Å². The highest BCUT2D eigenvalue weighted by molar-refractivity contribution is 7.89. The van der Waals surface area contributed by atoms with Crippen LogP contribution in [0.3, 0.4) is 0 Å². The second kappa shape index (κ2) is 8.85. The molecule has 0 radical (unpaired) electrons. The molecule has 13 heteroatoms. The van der Waals surface area contributed by atoms with Gasteiger partial charge >= 0.3 is 0 Å². The lowest BCUT2D eigenvalue weighted by molar-refractivity contribution is 0.150. The van der Waals surface area contributed by atoms with Crippen LogP contribution < -0.4 is 14.9 Å². The molecule has 2 N–H and O–H groups in total. The average molecular weight is 550 g/mol. The van der Waals surface area contributed by atoms with Crippen molar-refractivity contribution in [1.82, 2.24) is 30.2 Å². The molecule has 1 aromatic carbocycles. The third-order valence-electron chi connectivity index (χ3n) is 7.13. The van der Waals surface area contributed by atoms with Crippen molar-refractivity contribution in [3.05, 3.63) is 23.0 Å². The van der Waals surface area contributed by atoms with Gasteiger partial charge in [0.2, 0.25) is 10.0 Å². The largest absolute Gasteiger partial charge is 0.367 e. The molecule has 3 aliphatic rings. The SMILES string of the molecule is C[C@H]1CN(c2cc(S(=O)(=O)NC3(C)CC3)cc3c(-c4nnc(C(F)F)s4)nc(C4CC4)nc23)C[C@H](C)N1. The lowest BCUT2D eigenvalue weighted by Gasteiger charge is -2.38. The number of halogens is 2. The second-order valence-electron chi connectivity index (χ2n) is 10.8. The number of aromatic nitrogens is 4. The van der Waals surface area contributed by atoms with Gasteiger partial charge in [0, 0.05) is 42.0 Å². The summed E-state index contributed by atoms with van der Waals surface area (Å²) in [6.45, 7) is 7.39. The lowest BCUT2D eigenvalue weighted by atomic mass is 10.1. The van der Waals surface area contributed by atoms with Crippen molar-refractivity contribution in [3.63, 3.8) is 0 Å². The number of rotatable bonds is 7. The van der Waals surface area contributed by atoms with Gasteiger partial charge in [-0.1, -0.05) is 11.3 Å². The smallest absolute Gasteiger partial charge is 0.291 e. The van der Waals surface area contributed by atoms with E-state index in [0.29, 0.717) is 41.2 Å². The van der Waals surface area contributed by atoms with Gasteiger partial charge in [0.1, 0.15) is 11.5 Å². The normalized spacial score (nSPS) is 23.7. The zero-order valence-electron chi connectivity index (χ0n) is 20.8. The van der Waals surface area contributed by atoms with Crippen molar-refractivity contribution in [3.8, 4) is 10.7 Å². The number of alkyl halides is 2. The Hall–Kier alpha value is -2.35. The topological polar surface area (TPSA) is 113 Å². The summed E-state index contributed by atoms with van der Waals surface area (Å²) in [6, 6.07) is 3.61. The van der Waals surface area contributed by atoms with Gasteiger partial charge in [-0.15, -0.1) is 10.2 Å². The molecule has 1 aliphatic heterocycles. The predicted molar refractivity (Wildman–Crippen MR) is 138 cm³/mol. The Balaban J connectivity index is 1.59. The maximum atomic E-state index is 13.5. The number of piperazine rings is 1. The van der Waals surface area contributed by atoms with Crippen LogP contribution in [0.25, 0.3) is 21.6 Å². The molecule has 9 nitrogen and oxygen atoms in total. The van der Waals surface area contributed by atoms with Crippen molar-refractivity contribution in [2.45, 2.75) is 81.3 Å². The molecular weight excluding hydrogens is 520 g/mol. The molecule has 3 aromatic rings. The molecule has 6 rings (SSSR count). The number of hydrogen-bond acceptors (Lipinski definition) is 9. The fourth-order valence-electron chi connectivity index (χ4n) is 4.90. The summed E-state index contributed by atoms with van der Waals surface area (Å²) >= 11 is 0.774. The quantitative estimate of drug-likeness (QED) is 0.455. The van der Waals surface area contributed by atoms with Crippen LogP contribution in [-0.2, 0) is 10.0 Å². The molecule has 0 amide bonds. The van der Waals surface area contributed by atoms with Gasteiger partial charge in [-0.25, -0.2) is 31.9 Å². The Morgan fingerprint density at radius 2 is 1.84 bits per heavy atom. The monoisotopic (exact) mass is 549 g/mol. The van der Waals surface area contributed by atoms with Crippen molar-refractivity contribution in [1.29, 1.82) is 0 Å². The Morgan fingerprint density at radius 3 is 2.43 bits per heavy atom. The number of fused-ring (bicyclic) bond motifs is 1. The Morgan fingerprint density at radius 1 is 1.14 bits per heavy atom. The van der Waals surface area contributed by atoms with Crippen LogP contribution in [0.5, 0.6) is 0 Å². The van der Waals surface area contributed by atoms with E-state index in [-0.39, 0.29) is 27.9 Å². The van der Waals surface area contributed by atoms with Gasteiger partial charge < -0.3 is 10.2 Å². The zero-order chi connectivity index (χ0) is 26.1. The lowest BCUT2D eigenvalue weighted by Crippen LogP contribution is -2.54. The molecule has 2 atom stereocenters. The average Bonchev–Trinajstić information content (AvgIpc) is 3.74. The summed E-state index contributed by atoms with van der Waals surface area (Å²) in [4.78, 5) is 11.9. The Labute approximate surface area is 218 Å². The minimum Gasteiger partial charge on any atom is -0.367 e. The van der Waals surface area contributed by atoms with Crippen LogP contribution in [0.2, 0.25) is 0 Å². The molecule has 3 fully saturated rings. The fraction of sp³-hybridized carbons (Fsp3) is 0.583. The van der Waals surface area contributed by atoms with E-state index in [1.54, 1.807) is 12.1 Å². The van der Waals surface area contributed by atoms with Crippen LogP contribution in [0, 0.1) is 0 Å². The summed E-state index contributed by atoms with van der Waals surface area (Å²) in [7, 11) is -3.86. The van der Waals surface area contributed by atoms with Crippen molar-refractivity contribution >= 4 is 38.0 Å². The van der Waals surface area contributed by atoms with Crippen LogP contribution in [0.15, 0.2) is 17.0 Å². The molecule has 0 unspecified atom stereocenters. The molecule has 2 aromatic heterocycles. The maximum Gasteiger partial charge on any atom is 0.291 e. The van der Waals surface area contributed by atoms with Crippen molar-refractivity contribution < 1.29 is 17.2 Å². The van der Waals surface area contributed by atoms with E-state index in [4.69, 9.17) is 9.97 Å². The first-order valence-electron chi connectivity index (χ1n) is 12.5. The van der Waals surface area contributed by atoms with Gasteiger partial charge in [0.15, 0.2) is 10.0 Å². The number of hydrogen-bond donors (Lipinski definition) is 2. The fourth-order valence-corrected chi connectivity index (χ4v) is 7.12. The first kappa shape index (κ1) is 25.0. The van der Waals surface area contributed by atoms with E-state index in [1.807, 2.05) is 6.92 Å². The molecule has 0 spiro atoms. The summed E-state index contributed by atoms with van der Waals surface area (Å²) in [5.41, 5.74) is 1.21. The van der Waals surface area contributed by atoms with E-state index < -0.39 is 27.0 Å².